The van der Waals surface area contributed by atoms with E-state index in [2.05, 4.69) is 9.97 Å². The normalized spacial score (nSPS) is 11.5. The Bertz CT molecular complexity index is 808. The monoisotopic (exact) mass is 347 g/mol. The van der Waals surface area contributed by atoms with E-state index in [1.807, 2.05) is 0 Å². The van der Waals surface area contributed by atoms with E-state index >= 15 is 0 Å². The number of hydrogen-bond donors (Lipinski definition) is 1. The minimum absolute atomic E-state index is 0.0472. The molecule has 0 unspecified atom stereocenters. The first-order valence-corrected chi connectivity index (χ1v) is 7.13. The van der Waals surface area contributed by atoms with Crippen LogP contribution >= 0.6 is 0 Å². The molecule has 0 saturated heterocycles. The second-order valence-corrected chi connectivity index (χ2v) is 4.91. The number of hydroxylamine groups is 1. The van der Waals surface area contributed by atoms with Crippen LogP contribution in [0.25, 0.3) is 0 Å². The zero-order chi connectivity index (χ0) is 18.6. The number of carboxylic acids is 1. The van der Waals surface area contributed by atoms with Crippen LogP contribution in [0.15, 0.2) is 24.3 Å². The van der Waals surface area contributed by atoms with Crippen molar-refractivity contribution in [1.29, 1.82) is 0 Å². The van der Waals surface area contributed by atoms with Gasteiger partial charge in [0.15, 0.2) is 7.05 Å². The Morgan fingerprint density at radius 1 is 1.20 bits per heavy atom. The maximum absolute atomic E-state index is 11.6. The smallest absolute Gasteiger partial charge is 0.328 e. The van der Waals surface area contributed by atoms with Crippen LogP contribution in [0.2, 0.25) is 0 Å². The van der Waals surface area contributed by atoms with Gasteiger partial charge in [-0.1, -0.05) is 6.07 Å². The van der Waals surface area contributed by atoms with Crippen LogP contribution in [0.3, 0.4) is 0 Å². The second-order valence-electron chi connectivity index (χ2n) is 4.91. The van der Waals surface area contributed by atoms with E-state index < -0.39 is 5.97 Å². The predicted molar refractivity (Wildman–Crippen MR) is 83.7 cm³/mol. The van der Waals surface area contributed by atoms with E-state index in [1.165, 1.54) is 39.5 Å². The van der Waals surface area contributed by atoms with Gasteiger partial charge < -0.3 is 24.1 Å². The highest BCUT2D eigenvalue weighted by Gasteiger charge is 2.20. The fourth-order valence-corrected chi connectivity index (χ4v) is 2.04. The van der Waals surface area contributed by atoms with Crippen molar-refractivity contribution >= 4 is 11.7 Å². The van der Waals surface area contributed by atoms with Crippen LogP contribution in [0.4, 0.5) is 0 Å². The van der Waals surface area contributed by atoms with Gasteiger partial charge in [0.2, 0.25) is 17.5 Å². The summed E-state index contributed by atoms with van der Waals surface area (Å²) < 4.78 is 16.4. The molecule has 9 heteroatoms. The summed E-state index contributed by atoms with van der Waals surface area (Å²) in [5.41, 5.74) is 0.289. The predicted octanol–water partition coefficient (Wildman–Crippen LogP) is 0.490. The number of carbonyl (C=O) groups excluding carboxylic acids is 1. The van der Waals surface area contributed by atoms with E-state index in [-0.39, 0.29) is 34.6 Å². The number of nitrogens with zero attached hydrogens (tertiary/aromatic N) is 3. The highest BCUT2D eigenvalue weighted by atomic mass is 16.5. The molecule has 9 nitrogen and oxygen atoms in total. The van der Waals surface area contributed by atoms with Gasteiger partial charge in [-0.3, -0.25) is 5.21 Å². The molecule has 1 aromatic heterocycles. The van der Waals surface area contributed by atoms with E-state index in [0.717, 1.165) is 4.74 Å². The number of ether oxygens (including phenoxy) is 3. The van der Waals surface area contributed by atoms with Gasteiger partial charge >= 0.3 is 6.01 Å². The molecule has 1 heterocycles. The maximum Gasteiger partial charge on any atom is 0.328 e. The lowest BCUT2D eigenvalue weighted by Gasteiger charge is -2.14. The number of rotatable bonds is 6. The van der Waals surface area contributed by atoms with Crippen LogP contribution in [0, 0.1) is 0 Å². The number of aromatic carboxylic acids is 1. The molecule has 2 rings (SSSR count). The largest absolute Gasteiger partial charge is 0.545 e. The molecule has 25 heavy (non-hydrogen) atoms. The van der Waals surface area contributed by atoms with Crippen LogP contribution in [-0.2, 0) is 0 Å². The Labute approximate surface area is 143 Å². The Morgan fingerprint density at radius 3 is 2.28 bits per heavy atom. The second kappa shape index (κ2) is 7.47. The summed E-state index contributed by atoms with van der Waals surface area (Å²) in [6.45, 7) is 1.55. The molecule has 0 aliphatic heterocycles. The topological polar surface area (TPSA) is 117 Å². The highest BCUT2D eigenvalue weighted by Crippen LogP contribution is 2.28. The van der Waals surface area contributed by atoms with Gasteiger partial charge in [-0.15, -0.1) is 0 Å². The lowest BCUT2D eigenvalue weighted by atomic mass is 10.0. The summed E-state index contributed by atoms with van der Waals surface area (Å²) in [5.74, 6) is -1.15. The Morgan fingerprint density at radius 2 is 1.80 bits per heavy atom. The molecular formula is C16H17N3O6. The minimum Gasteiger partial charge on any atom is -0.545 e. The summed E-state index contributed by atoms with van der Waals surface area (Å²) >= 11 is 0. The van der Waals surface area contributed by atoms with Crippen molar-refractivity contribution in [1.82, 2.24) is 9.97 Å². The van der Waals surface area contributed by atoms with Crippen molar-refractivity contribution in [3.05, 3.63) is 35.4 Å². The van der Waals surface area contributed by atoms with Gasteiger partial charge in [0, 0.05) is 6.92 Å². The van der Waals surface area contributed by atoms with Crippen molar-refractivity contribution < 1.29 is 34.1 Å². The third-order valence-corrected chi connectivity index (χ3v) is 3.38. The van der Waals surface area contributed by atoms with Gasteiger partial charge in [-0.25, -0.2) is 0 Å². The number of hydrogen-bond acceptors (Lipinski definition) is 8. The molecule has 0 aliphatic rings. The first-order valence-electron chi connectivity index (χ1n) is 7.13. The molecule has 0 atom stereocenters. The van der Waals surface area contributed by atoms with Crippen LogP contribution in [0.1, 0.15) is 22.8 Å². The zero-order valence-corrected chi connectivity index (χ0v) is 14.1. The summed E-state index contributed by atoms with van der Waals surface area (Å²) in [6, 6.07) is 5.80. The third-order valence-electron chi connectivity index (χ3n) is 3.38. The fraction of sp³-hybridized carbons (Fsp3) is 0.250. The third kappa shape index (κ3) is 3.94. The molecule has 1 aromatic carbocycles. The van der Waals surface area contributed by atoms with E-state index in [4.69, 9.17) is 14.2 Å². The van der Waals surface area contributed by atoms with Gasteiger partial charge in [0.1, 0.15) is 5.75 Å². The summed E-state index contributed by atoms with van der Waals surface area (Å²) in [6.07, 6.45) is 0. The number of benzene rings is 1. The van der Waals surface area contributed by atoms with Gasteiger partial charge in [-0.05, 0) is 16.9 Å². The van der Waals surface area contributed by atoms with Gasteiger partial charge in [0.05, 0.1) is 37.4 Å². The summed E-state index contributed by atoms with van der Waals surface area (Å²) in [5, 5.41) is 21.2. The Hall–Kier alpha value is -3.36. The molecule has 0 saturated carbocycles. The number of carboxylic acid groups (broad SMARTS) is 1. The van der Waals surface area contributed by atoms with E-state index in [1.54, 1.807) is 13.0 Å². The molecule has 0 spiro atoms. The first kappa shape index (κ1) is 18.0. The lowest BCUT2D eigenvalue weighted by Crippen LogP contribution is -2.27. The van der Waals surface area contributed by atoms with Crippen molar-refractivity contribution in [3.63, 3.8) is 0 Å². The van der Waals surface area contributed by atoms with E-state index in [9.17, 15) is 15.1 Å². The standard InChI is InChI=1S/C16H17N3O6/c1-9(19(2)22)10-6-5-7-11(14(10)15(20)21)25-16-17-12(23-3)8-13(18-16)24-4/h5-8H,1-4H3,(H-,20,21,22). The molecule has 0 fully saturated rings. The molecule has 2 aromatic rings. The van der Waals surface area contributed by atoms with Crippen molar-refractivity contribution in [2.45, 2.75) is 6.92 Å². The molecule has 1 N–H and O–H groups in total. The average molecular weight is 347 g/mol. The van der Waals surface area contributed by atoms with E-state index in [0.29, 0.717) is 5.71 Å². The van der Waals surface area contributed by atoms with Crippen molar-refractivity contribution in [3.8, 4) is 23.5 Å². The Balaban J connectivity index is 2.56. The fourth-order valence-electron chi connectivity index (χ4n) is 2.04. The maximum atomic E-state index is 11.6. The molecule has 0 bridgehead atoms. The number of aromatic nitrogens is 2. The van der Waals surface area contributed by atoms with Crippen LogP contribution in [-0.4, -0.2) is 52.9 Å². The minimum atomic E-state index is -1.47. The average Bonchev–Trinajstić information content (AvgIpc) is 2.60. The molecule has 0 aliphatic carbocycles. The quantitative estimate of drug-likeness (QED) is 0.347. The van der Waals surface area contributed by atoms with Gasteiger partial charge in [0.25, 0.3) is 0 Å². The summed E-state index contributed by atoms with van der Waals surface area (Å²) in [4.78, 5) is 19.6. The highest BCUT2D eigenvalue weighted by molar-refractivity contribution is 6.06. The summed E-state index contributed by atoms with van der Waals surface area (Å²) in [7, 11) is 4.19. The molecular weight excluding hydrogens is 330 g/mol. The van der Waals surface area contributed by atoms with Crippen molar-refractivity contribution in [2.24, 2.45) is 0 Å². The van der Waals surface area contributed by atoms with Crippen molar-refractivity contribution in [2.75, 3.05) is 21.3 Å². The number of carbonyl (C=O) groups is 1. The lowest BCUT2D eigenvalue weighted by molar-refractivity contribution is -0.754. The van der Waals surface area contributed by atoms with Gasteiger partial charge in [-0.2, -0.15) is 9.97 Å². The molecule has 0 radical (unpaired) electrons. The Kier molecular flexibility index (Phi) is 5.38. The first-order chi connectivity index (χ1) is 11.9. The number of methoxy groups -OCH3 is 2. The molecule has 0 amide bonds. The van der Waals surface area contributed by atoms with Crippen LogP contribution in [0.5, 0.6) is 23.5 Å². The SMILES string of the molecule is COc1cc(OC)nc(Oc2cccc(C(C)=[N+](C)O)c2C(=O)[O-])n1. The van der Waals surface area contributed by atoms with Crippen LogP contribution < -0.4 is 19.3 Å². The zero-order valence-electron chi connectivity index (χ0n) is 14.1. The molecule has 132 valence electrons.